The van der Waals surface area contributed by atoms with Gasteiger partial charge in [0, 0.05) is 11.6 Å². The van der Waals surface area contributed by atoms with Crippen LogP contribution in [0.25, 0.3) is 11.4 Å². The van der Waals surface area contributed by atoms with Crippen LogP contribution < -0.4 is 15.6 Å². The van der Waals surface area contributed by atoms with Gasteiger partial charge in [-0.05, 0) is 23.6 Å². The van der Waals surface area contributed by atoms with Gasteiger partial charge in [0.15, 0.2) is 0 Å². The normalized spacial score (nSPS) is 12.5. The molecule has 0 aliphatic rings. The summed E-state index contributed by atoms with van der Waals surface area (Å²) >= 11 is 0. The fourth-order valence-electron chi connectivity index (χ4n) is 3.03. The van der Waals surface area contributed by atoms with E-state index in [1.54, 1.807) is 24.3 Å². The third kappa shape index (κ3) is 5.94. The highest BCUT2D eigenvalue weighted by Gasteiger charge is 2.31. The molecule has 0 bridgehead atoms. The predicted molar refractivity (Wildman–Crippen MR) is 108 cm³/mol. The van der Waals surface area contributed by atoms with E-state index < -0.39 is 23.9 Å². The lowest BCUT2D eigenvalue weighted by Gasteiger charge is -2.23. The number of hydrogen-bond donors (Lipinski definition) is 2. The Bertz CT molecular complexity index is 1090. The number of carbonyl (C=O) groups excluding carboxylic acids is 1. The molecule has 9 heteroatoms. The topological polar surface area (TPSA) is 84.1 Å². The van der Waals surface area contributed by atoms with E-state index in [4.69, 9.17) is 0 Å². The Hall–Kier alpha value is -3.62. The molecule has 1 heterocycles. The second-order valence-corrected chi connectivity index (χ2v) is 7.16. The van der Waals surface area contributed by atoms with Gasteiger partial charge in [-0.15, -0.1) is 13.2 Å². The van der Waals surface area contributed by atoms with Crippen molar-refractivity contribution >= 4 is 5.91 Å². The van der Waals surface area contributed by atoms with Crippen molar-refractivity contribution in [2.45, 2.75) is 26.3 Å². The SMILES string of the molecule is CC(C)C(NC(=O)c1cc(=O)[nH]c(-c2ccccc2)n1)c1ccc(OC(F)(F)F)cc1. The number of benzene rings is 2. The summed E-state index contributed by atoms with van der Waals surface area (Å²) in [6.07, 6.45) is -4.78. The van der Waals surface area contributed by atoms with Gasteiger partial charge in [0.25, 0.3) is 11.5 Å². The van der Waals surface area contributed by atoms with E-state index >= 15 is 0 Å². The Kier molecular flexibility index (Phi) is 6.43. The molecule has 0 saturated heterocycles. The lowest BCUT2D eigenvalue weighted by atomic mass is 9.95. The molecule has 1 atom stereocenters. The van der Waals surface area contributed by atoms with Crippen molar-refractivity contribution in [1.82, 2.24) is 15.3 Å². The summed E-state index contributed by atoms with van der Waals surface area (Å²) in [4.78, 5) is 31.7. The summed E-state index contributed by atoms with van der Waals surface area (Å²) in [5.41, 5.74) is 0.694. The van der Waals surface area contributed by atoms with Crippen LogP contribution in [0.1, 0.15) is 35.9 Å². The van der Waals surface area contributed by atoms with Crippen LogP contribution in [0.3, 0.4) is 0 Å². The van der Waals surface area contributed by atoms with Crippen LogP contribution in [0.15, 0.2) is 65.5 Å². The smallest absolute Gasteiger partial charge is 0.406 e. The van der Waals surface area contributed by atoms with E-state index in [1.165, 1.54) is 24.3 Å². The summed E-state index contributed by atoms with van der Waals surface area (Å²) in [6.45, 7) is 3.71. The minimum absolute atomic E-state index is 0.0646. The Morgan fingerprint density at radius 3 is 2.29 bits per heavy atom. The molecule has 0 radical (unpaired) electrons. The third-order valence-electron chi connectivity index (χ3n) is 4.45. The first-order valence-electron chi connectivity index (χ1n) is 9.46. The molecule has 2 N–H and O–H groups in total. The molecule has 3 rings (SSSR count). The van der Waals surface area contributed by atoms with Gasteiger partial charge in [-0.2, -0.15) is 0 Å². The molecule has 1 aromatic heterocycles. The van der Waals surface area contributed by atoms with Crippen LogP contribution in [0.5, 0.6) is 5.75 Å². The number of rotatable bonds is 6. The van der Waals surface area contributed by atoms with Gasteiger partial charge in [0.2, 0.25) is 0 Å². The summed E-state index contributed by atoms with van der Waals surface area (Å²) < 4.78 is 41.0. The molecule has 2 aromatic carbocycles. The van der Waals surface area contributed by atoms with E-state index in [-0.39, 0.29) is 23.2 Å². The number of aromatic amines is 1. The van der Waals surface area contributed by atoms with Gasteiger partial charge in [-0.25, -0.2) is 4.98 Å². The Labute approximate surface area is 176 Å². The summed E-state index contributed by atoms with van der Waals surface area (Å²) in [7, 11) is 0. The van der Waals surface area contributed by atoms with Crippen molar-refractivity contribution < 1.29 is 22.7 Å². The number of nitrogens with one attached hydrogen (secondary N) is 2. The van der Waals surface area contributed by atoms with Crippen molar-refractivity contribution in [1.29, 1.82) is 0 Å². The minimum Gasteiger partial charge on any atom is -0.406 e. The minimum atomic E-state index is -4.78. The first-order chi connectivity index (χ1) is 14.6. The van der Waals surface area contributed by atoms with Crippen molar-refractivity contribution in [3.63, 3.8) is 0 Å². The number of halogens is 3. The Morgan fingerprint density at radius 1 is 1.06 bits per heavy atom. The Balaban J connectivity index is 1.83. The van der Waals surface area contributed by atoms with Crippen LogP contribution in [-0.4, -0.2) is 22.2 Å². The standard InChI is InChI=1S/C22H20F3N3O3/c1-13(2)19(14-8-10-16(11-9-14)31-22(23,24)25)28-21(30)17-12-18(29)27-20(26-17)15-6-4-3-5-7-15/h3-13,19H,1-2H3,(H,28,30)(H,26,27,29). The molecule has 162 valence electrons. The number of H-pyrrole nitrogens is 1. The number of ether oxygens (including phenoxy) is 1. The first-order valence-corrected chi connectivity index (χ1v) is 9.46. The number of carbonyl (C=O) groups is 1. The number of hydrogen-bond acceptors (Lipinski definition) is 4. The van der Waals surface area contributed by atoms with Crippen molar-refractivity contribution in [3.8, 4) is 17.1 Å². The van der Waals surface area contributed by atoms with E-state index in [2.05, 4.69) is 20.0 Å². The van der Waals surface area contributed by atoms with Crippen molar-refractivity contribution in [2.24, 2.45) is 5.92 Å². The molecule has 3 aromatic rings. The molecule has 0 spiro atoms. The molecular weight excluding hydrogens is 411 g/mol. The highest BCUT2D eigenvalue weighted by molar-refractivity contribution is 5.92. The van der Waals surface area contributed by atoms with Gasteiger partial charge in [-0.3, -0.25) is 9.59 Å². The van der Waals surface area contributed by atoms with E-state index in [1.807, 2.05) is 19.9 Å². The highest BCUT2D eigenvalue weighted by Crippen LogP contribution is 2.27. The molecule has 31 heavy (non-hydrogen) atoms. The highest BCUT2D eigenvalue weighted by atomic mass is 19.4. The van der Waals surface area contributed by atoms with Crippen molar-refractivity contribution in [2.75, 3.05) is 0 Å². The predicted octanol–water partition coefficient (Wildman–Crippen LogP) is 4.46. The zero-order chi connectivity index (χ0) is 22.6. The Morgan fingerprint density at radius 2 is 1.71 bits per heavy atom. The first kappa shape index (κ1) is 22.1. The fraction of sp³-hybridized carbons (Fsp3) is 0.227. The van der Waals surface area contributed by atoms with Crippen LogP contribution in [0.2, 0.25) is 0 Å². The van der Waals surface area contributed by atoms with Gasteiger partial charge in [-0.1, -0.05) is 56.3 Å². The van der Waals surface area contributed by atoms with Crippen LogP contribution >= 0.6 is 0 Å². The van der Waals surface area contributed by atoms with Gasteiger partial charge in [0.05, 0.1) is 6.04 Å². The van der Waals surface area contributed by atoms with Crippen molar-refractivity contribution in [3.05, 3.63) is 82.3 Å². The van der Waals surface area contributed by atoms with Gasteiger partial charge < -0.3 is 15.0 Å². The lowest BCUT2D eigenvalue weighted by molar-refractivity contribution is -0.274. The second-order valence-electron chi connectivity index (χ2n) is 7.16. The fourth-order valence-corrected chi connectivity index (χ4v) is 3.03. The molecule has 0 fully saturated rings. The summed E-state index contributed by atoms with van der Waals surface area (Å²) in [5.74, 6) is -0.756. The largest absolute Gasteiger partial charge is 0.573 e. The van der Waals surface area contributed by atoms with Crippen LogP contribution in [0.4, 0.5) is 13.2 Å². The van der Waals surface area contributed by atoms with E-state index in [0.717, 1.165) is 6.07 Å². The maximum absolute atomic E-state index is 12.8. The molecule has 0 aliphatic heterocycles. The quantitative estimate of drug-likeness (QED) is 0.604. The molecule has 1 unspecified atom stereocenters. The summed E-state index contributed by atoms with van der Waals surface area (Å²) in [6, 6.07) is 14.7. The summed E-state index contributed by atoms with van der Waals surface area (Å²) in [5, 5.41) is 2.81. The van der Waals surface area contributed by atoms with Gasteiger partial charge >= 0.3 is 6.36 Å². The van der Waals surface area contributed by atoms with E-state index in [9.17, 15) is 22.8 Å². The number of aromatic nitrogens is 2. The molecule has 0 saturated carbocycles. The lowest BCUT2D eigenvalue weighted by Crippen LogP contribution is -2.33. The molecular formula is C22H20F3N3O3. The number of alkyl halides is 3. The third-order valence-corrected chi connectivity index (χ3v) is 4.45. The van der Waals surface area contributed by atoms with Crippen LogP contribution in [0, 0.1) is 5.92 Å². The number of amides is 1. The maximum Gasteiger partial charge on any atom is 0.573 e. The van der Waals surface area contributed by atoms with Crippen LogP contribution in [-0.2, 0) is 0 Å². The molecule has 0 aliphatic carbocycles. The van der Waals surface area contributed by atoms with Gasteiger partial charge in [0.1, 0.15) is 17.3 Å². The average molecular weight is 431 g/mol. The monoisotopic (exact) mass is 431 g/mol. The van der Waals surface area contributed by atoms with E-state index in [0.29, 0.717) is 11.1 Å². The number of nitrogens with zero attached hydrogens (tertiary/aromatic N) is 1. The molecule has 6 nitrogen and oxygen atoms in total. The zero-order valence-corrected chi connectivity index (χ0v) is 16.7. The average Bonchev–Trinajstić information content (AvgIpc) is 2.71. The second kappa shape index (κ2) is 9.03. The molecule has 1 amide bonds. The maximum atomic E-state index is 12.8. The zero-order valence-electron chi connectivity index (χ0n) is 16.7.